The lowest BCUT2D eigenvalue weighted by atomic mass is 9.77. The largest absolute Gasteiger partial charge is 0.465 e. The standard InChI is InChI=1S/C14H27NO3/c1-4-12(13(17)18-5-2)15-14(10-16)8-6-11(3)7-9-14/h11-12,15-16H,4-10H2,1-3H3. The normalized spacial score (nSPS) is 29.9. The van der Waals surface area contributed by atoms with E-state index >= 15 is 0 Å². The molecule has 4 heteroatoms. The fourth-order valence-corrected chi connectivity index (χ4v) is 2.60. The molecular formula is C14H27NO3. The lowest BCUT2D eigenvalue weighted by Gasteiger charge is -2.40. The summed E-state index contributed by atoms with van der Waals surface area (Å²) < 4.78 is 5.06. The molecule has 0 spiro atoms. The Morgan fingerprint density at radius 1 is 1.44 bits per heavy atom. The minimum atomic E-state index is -0.300. The van der Waals surface area contributed by atoms with E-state index in [1.54, 1.807) is 0 Å². The van der Waals surface area contributed by atoms with Crippen LogP contribution in [-0.4, -0.2) is 35.9 Å². The minimum absolute atomic E-state index is 0.0929. The molecule has 2 N–H and O–H groups in total. The highest BCUT2D eigenvalue weighted by molar-refractivity contribution is 5.75. The molecule has 0 radical (unpaired) electrons. The number of aliphatic hydroxyl groups excluding tert-OH is 1. The molecule has 1 fully saturated rings. The lowest BCUT2D eigenvalue weighted by molar-refractivity contribution is -0.146. The summed E-state index contributed by atoms with van der Waals surface area (Å²) >= 11 is 0. The van der Waals surface area contributed by atoms with Gasteiger partial charge in [-0.3, -0.25) is 10.1 Å². The van der Waals surface area contributed by atoms with Crippen molar-refractivity contribution in [3.63, 3.8) is 0 Å². The Hall–Kier alpha value is -0.610. The van der Waals surface area contributed by atoms with Crippen LogP contribution >= 0.6 is 0 Å². The van der Waals surface area contributed by atoms with Gasteiger partial charge in [-0.25, -0.2) is 0 Å². The molecule has 1 unspecified atom stereocenters. The molecule has 0 aliphatic heterocycles. The molecule has 0 saturated heterocycles. The Balaban J connectivity index is 2.62. The molecule has 106 valence electrons. The zero-order valence-corrected chi connectivity index (χ0v) is 11.9. The number of hydrogen-bond donors (Lipinski definition) is 2. The number of hydrogen-bond acceptors (Lipinski definition) is 4. The molecule has 0 aromatic carbocycles. The number of ether oxygens (including phenoxy) is 1. The second kappa shape index (κ2) is 7.10. The van der Waals surface area contributed by atoms with Gasteiger partial charge >= 0.3 is 5.97 Å². The highest BCUT2D eigenvalue weighted by Crippen LogP contribution is 2.32. The van der Waals surface area contributed by atoms with Gasteiger partial charge < -0.3 is 9.84 Å². The molecule has 0 aromatic rings. The monoisotopic (exact) mass is 257 g/mol. The van der Waals surface area contributed by atoms with Crippen LogP contribution in [0.2, 0.25) is 0 Å². The molecule has 1 aliphatic carbocycles. The summed E-state index contributed by atoms with van der Waals surface area (Å²) in [5.74, 6) is 0.514. The zero-order chi connectivity index (χ0) is 13.6. The second-order valence-corrected chi connectivity index (χ2v) is 5.48. The van der Waals surface area contributed by atoms with Crippen molar-refractivity contribution in [3.8, 4) is 0 Å². The Kier molecular flexibility index (Phi) is 6.09. The van der Waals surface area contributed by atoms with Gasteiger partial charge in [-0.05, 0) is 44.9 Å². The number of esters is 1. The van der Waals surface area contributed by atoms with Crippen molar-refractivity contribution in [2.24, 2.45) is 5.92 Å². The molecule has 0 aromatic heterocycles. The predicted octanol–water partition coefficient (Wildman–Crippen LogP) is 1.86. The highest BCUT2D eigenvalue weighted by Gasteiger charge is 2.36. The summed E-state index contributed by atoms with van der Waals surface area (Å²) in [4.78, 5) is 11.8. The number of rotatable bonds is 6. The maximum absolute atomic E-state index is 11.8. The molecule has 0 bridgehead atoms. The molecule has 1 atom stereocenters. The van der Waals surface area contributed by atoms with E-state index in [2.05, 4.69) is 12.2 Å². The molecule has 18 heavy (non-hydrogen) atoms. The number of carbonyl (C=O) groups excluding carboxylic acids is 1. The van der Waals surface area contributed by atoms with Crippen LogP contribution in [0.4, 0.5) is 0 Å². The van der Waals surface area contributed by atoms with Gasteiger partial charge in [0, 0.05) is 5.54 Å². The Morgan fingerprint density at radius 3 is 2.50 bits per heavy atom. The van der Waals surface area contributed by atoms with Crippen LogP contribution in [0.3, 0.4) is 0 Å². The number of carbonyl (C=O) groups is 1. The van der Waals surface area contributed by atoms with Gasteiger partial charge in [0.2, 0.25) is 0 Å². The van der Waals surface area contributed by atoms with Crippen LogP contribution in [0.5, 0.6) is 0 Å². The Morgan fingerprint density at radius 2 is 2.06 bits per heavy atom. The summed E-state index contributed by atoms with van der Waals surface area (Å²) in [5, 5.41) is 13.0. The van der Waals surface area contributed by atoms with Crippen LogP contribution in [0.25, 0.3) is 0 Å². The van der Waals surface area contributed by atoms with Crippen molar-refractivity contribution < 1.29 is 14.6 Å². The second-order valence-electron chi connectivity index (χ2n) is 5.48. The number of aliphatic hydroxyl groups is 1. The van der Waals surface area contributed by atoms with E-state index in [9.17, 15) is 9.90 Å². The van der Waals surface area contributed by atoms with Crippen molar-refractivity contribution in [3.05, 3.63) is 0 Å². The van der Waals surface area contributed by atoms with Gasteiger partial charge in [-0.15, -0.1) is 0 Å². The van der Waals surface area contributed by atoms with Crippen LogP contribution < -0.4 is 5.32 Å². The minimum Gasteiger partial charge on any atom is -0.465 e. The molecular weight excluding hydrogens is 230 g/mol. The maximum atomic E-state index is 11.8. The highest BCUT2D eigenvalue weighted by atomic mass is 16.5. The summed E-state index contributed by atoms with van der Waals surface area (Å²) in [6.07, 6.45) is 4.76. The van der Waals surface area contributed by atoms with Gasteiger partial charge in [0.25, 0.3) is 0 Å². The summed E-state index contributed by atoms with van der Waals surface area (Å²) in [7, 11) is 0. The summed E-state index contributed by atoms with van der Waals surface area (Å²) in [6, 6.07) is -0.300. The van der Waals surface area contributed by atoms with Gasteiger partial charge in [-0.1, -0.05) is 13.8 Å². The smallest absolute Gasteiger partial charge is 0.323 e. The van der Waals surface area contributed by atoms with Crippen LogP contribution in [0, 0.1) is 5.92 Å². The topological polar surface area (TPSA) is 58.6 Å². The molecule has 0 amide bonds. The fraction of sp³-hybridized carbons (Fsp3) is 0.929. The van der Waals surface area contributed by atoms with Crippen molar-refractivity contribution in [2.45, 2.75) is 64.5 Å². The zero-order valence-electron chi connectivity index (χ0n) is 11.9. The maximum Gasteiger partial charge on any atom is 0.323 e. The quantitative estimate of drug-likeness (QED) is 0.713. The molecule has 1 aliphatic rings. The molecule has 0 heterocycles. The average molecular weight is 257 g/mol. The van der Waals surface area contributed by atoms with Crippen molar-refractivity contribution in [1.82, 2.24) is 5.32 Å². The first-order valence-corrected chi connectivity index (χ1v) is 7.12. The first-order chi connectivity index (χ1) is 8.56. The van der Waals surface area contributed by atoms with Crippen LogP contribution in [0.1, 0.15) is 52.9 Å². The van der Waals surface area contributed by atoms with E-state index < -0.39 is 0 Å². The first kappa shape index (κ1) is 15.4. The first-order valence-electron chi connectivity index (χ1n) is 7.12. The van der Waals surface area contributed by atoms with E-state index in [1.807, 2.05) is 13.8 Å². The van der Waals surface area contributed by atoms with E-state index in [1.165, 1.54) is 0 Å². The SMILES string of the molecule is CCOC(=O)C(CC)NC1(CO)CCC(C)CC1. The van der Waals surface area contributed by atoms with E-state index in [0.717, 1.165) is 25.7 Å². The lowest BCUT2D eigenvalue weighted by Crippen LogP contribution is -2.57. The third-order valence-corrected chi connectivity index (χ3v) is 3.99. The average Bonchev–Trinajstić information content (AvgIpc) is 2.39. The molecule has 1 rings (SSSR count). The Bertz CT molecular complexity index is 260. The van der Waals surface area contributed by atoms with Crippen LogP contribution in [-0.2, 0) is 9.53 Å². The van der Waals surface area contributed by atoms with Crippen LogP contribution in [0.15, 0.2) is 0 Å². The summed E-state index contributed by atoms with van der Waals surface area (Å²) in [5.41, 5.74) is -0.292. The van der Waals surface area contributed by atoms with E-state index in [4.69, 9.17) is 4.74 Å². The molecule has 1 saturated carbocycles. The van der Waals surface area contributed by atoms with Gasteiger partial charge in [-0.2, -0.15) is 0 Å². The van der Waals surface area contributed by atoms with Crippen molar-refractivity contribution in [1.29, 1.82) is 0 Å². The third kappa shape index (κ3) is 3.95. The fourth-order valence-electron chi connectivity index (χ4n) is 2.60. The summed E-state index contributed by atoms with van der Waals surface area (Å²) in [6.45, 7) is 6.51. The predicted molar refractivity (Wildman–Crippen MR) is 71.3 cm³/mol. The molecule has 4 nitrogen and oxygen atoms in total. The third-order valence-electron chi connectivity index (χ3n) is 3.99. The van der Waals surface area contributed by atoms with Crippen molar-refractivity contribution in [2.75, 3.05) is 13.2 Å². The number of nitrogens with one attached hydrogen (secondary N) is 1. The van der Waals surface area contributed by atoms with Gasteiger partial charge in [0.05, 0.1) is 13.2 Å². The van der Waals surface area contributed by atoms with Gasteiger partial charge in [0.15, 0.2) is 0 Å². The van der Waals surface area contributed by atoms with E-state index in [0.29, 0.717) is 18.9 Å². The van der Waals surface area contributed by atoms with Gasteiger partial charge in [0.1, 0.15) is 6.04 Å². The Labute approximate surface area is 110 Å². The van der Waals surface area contributed by atoms with E-state index in [-0.39, 0.29) is 24.2 Å². The van der Waals surface area contributed by atoms with Crippen molar-refractivity contribution >= 4 is 5.97 Å².